The number of aromatic hydroxyl groups is 1. The van der Waals surface area contributed by atoms with Gasteiger partial charge in [0.15, 0.2) is 0 Å². The van der Waals surface area contributed by atoms with Crippen LogP contribution >= 0.6 is 27.3 Å². The second-order valence-corrected chi connectivity index (χ2v) is 7.53. The number of hydrogen-bond acceptors (Lipinski definition) is 4. The van der Waals surface area contributed by atoms with E-state index >= 15 is 0 Å². The molecular weight excluding hydrogens is 371 g/mol. The number of fused-ring (bicyclic) bond motifs is 1. The molecule has 0 spiro atoms. The largest absolute Gasteiger partial charge is 0.507 e. The van der Waals surface area contributed by atoms with Crippen LogP contribution in [0.1, 0.15) is 40.1 Å². The Morgan fingerprint density at radius 3 is 2.91 bits per heavy atom. The highest BCUT2D eigenvalue weighted by Crippen LogP contribution is 2.39. The lowest BCUT2D eigenvalue weighted by Gasteiger charge is -2.06. The summed E-state index contributed by atoms with van der Waals surface area (Å²) in [5.74, 6) is -0.805. The summed E-state index contributed by atoms with van der Waals surface area (Å²) < 4.78 is 14.8. The zero-order chi connectivity index (χ0) is 15.9. The van der Waals surface area contributed by atoms with Gasteiger partial charge in [0.25, 0.3) is 5.91 Å². The van der Waals surface area contributed by atoms with Crippen LogP contribution in [0.25, 0.3) is 0 Å². The van der Waals surface area contributed by atoms with Gasteiger partial charge in [0.1, 0.15) is 11.6 Å². The van der Waals surface area contributed by atoms with Gasteiger partial charge in [-0.1, -0.05) is 6.92 Å². The van der Waals surface area contributed by atoms with E-state index in [0.29, 0.717) is 28.1 Å². The van der Waals surface area contributed by atoms with Crippen molar-refractivity contribution in [1.82, 2.24) is 5.43 Å². The quantitative estimate of drug-likeness (QED) is 0.771. The number of thiophene rings is 1. The minimum absolute atomic E-state index is 0.0207. The first-order valence-corrected chi connectivity index (χ1v) is 8.22. The van der Waals surface area contributed by atoms with Crippen LogP contribution < -0.4 is 5.43 Å². The van der Waals surface area contributed by atoms with Crippen molar-refractivity contribution in [2.24, 2.45) is 5.10 Å². The van der Waals surface area contributed by atoms with Crippen LogP contribution in [-0.2, 0) is 0 Å². The Balaban J connectivity index is 1.89. The predicted octanol–water partition coefficient (Wildman–Crippen LogP) is 4.00. The Kier molecular flexibility index (Phi) is 4.01. The van der Waals surface area contributed by atoms with Gasteiger partial charge in [-0.15, -0.1) is 11.3 Å². The number of nitrogens with one attached hydrogen (secondary N) is 1. The molecule has 0 saturated carbocycles. The highest BCUT2D eigenvalue weighted by atomic mass is 79.9. The maximum atomic E-state index is 13.9. The van der Waals surface area contributed by atoms with E-state index in [1.807, 2.05) is 6.92 Å². The summed E-state index contributed by atoms with van der Waals surface area (Å²) in [7, 11) is 0. The van der Waals surface area contributed by atoms with Gasteiger partial charge >= 0.3 is 0 Å². The molecule has 0 saturated heterocycles. The fraction of sp³-hybridized carbons (Fsp3) is 0.200. The minimum Gasteiger partial charge on any atom is -0.507 e. The van der Waals surface area contributed by atoms with Crippen LogP contribution in [0.4, 0.5) is 4.39 Å². The van der Waals surface area contributed by atoms with E-state index in [1.165, 1.54) is 23.5 Å². The van der Waals surface area contributed by atoms with Gasteiger partial charge in [-0.05, 0) is 52.5 Å². The van der Waals surface area contributed by atoms with E-state index in [4.69, 9.17) is 0 Å². The minimum atomic E-state index is -0.362. The first-order chi connectivity index (χ1) is 10.5. The van der Waals surface area contributed by atoms with E-state index < -0.39 is 0 Å². The van der Waals surface area contributed by atoms with Crippen LogP contribution in [0.2, 0.25) is 0 Å². The smallest absolute Gasteiger partial charge is 0.281 e. The fourth-order valence-electron chi connectivity index (χ4n) is 2.57. The number of benzene rings is 1. The van der Waals surface area contributed by atoms with Crippen molar-refractivity contribution in [2.45, 2.75) is 19.3 Å². The van der Waals surface area contributed by atoms with Crippen molar-refractivity contribution in [2.75, 3.05) is 0 Å². The van der Waals surface area contributed by atoms with E-state index in [2.05, 4.69) is 26.5 Å². The Morgan fingerprint density at radius 1 is 1.45 bits per heavy atom. The number of phenolic OH excluding ortho intramolecular Hbond substituents is 1. The molecule has 0 radical (unpaired) electrons. The molecule has 22 heavy (non-hydrogen) atoms. The molecule has 0 fully saturated rings. The number of hydrogen-bond donors (Lipinski definition) is 2. The Labute approximate surface area is 138 Å². The molecule has 1 aromatic heterocycles. The number of halogens is 2. The summed E-state index contributed by atoms with van der Waals surface area (Å²) in [5, 5.41) is 14.0. The highest BCUT2D eigenvalue weighted by Gasteiger charge is 2.30. The molecule has 0 aliphatic heterocycles. The molecule has 1 atom stereocenters. The fourth-order valence-corrected chi connectivity index (χ4v) is 3.85. The summed E-state index contributed by atoms with van der Waals surface area (Å²) >= 11 is 4.59. The van der Waals surface area contributed by atoms with Gasteiger partial charge in [-0.2, -0.15) is 5.10 Å². The molecule has 2 aromatic rings. The van der Waals surface area contributed by atoms with Gasteiger partial charge in [0, 0.05) is 11.1 Å². The average Bonchev–Trinajstić information content (AvgIpc) is 3.05. The molecule has 1 aromatic carbocycles. The molecule has 4 nitrogen and oxygen atoms in total. The third-order valence-electron chi connectivity index (χ3n) is 3.54. The highest BCUT2D eigenvalue weighted by molar-refractivity contribution is 9.11. The first-order valence-electron chi connectivity index (χ1n) is 6.61. The second kappa shape index (κ2) is 5.81. The molecule has 2 N–H and O–H groups in total. The normalized spacial score (nSPS) is 18.5. The Bertz CT molecular complexity index is 788. The number of carbonyl (C=O) groups excluding carboxylic acids is 1. The number of amides is 1. The SMILES string of the molecule is C[C@@H]1C/C(=N\NC(=O)c2ccc(Br)s2)c2c(O)ccc(F)c21. The van der Waals surface area contributed by atoms with Crippen molar-refractivity contribution in [1.29, 1.82) is 0 Å². The number of carbonyl (C=O) groups is 1. The topological polar surface area (TPSA) is 61.7 Å². The molecule has 1 aliphatic rings. The molecule has 114 valence electrons. The lowest BCUT2D eigenvalue weighted by atomic mass is 10.0. The summed E-state index contributed by atoms with van der Waals surface area (Å²) in [5.41, 5.74) is 3.80. The molecule has 0 unspecified atom stereocenters. The van der Waals surface area contributed by atoms with Crippen molar-refractivity contribution >= 4 is 38.9 Å². The van der Waals surface area contributed by atoms with Crippen LogP contribution in [0.5, 0.6) is 5.75 Å². The van der Waals surface area contributed by atoms with Crippen LogP contribution in [-0.4, -0.2) is 16.7 Å². The zero-order valence-electron chi connectivity index (χ0n) is 11.6. The van der Waals surface area contributed by atoms with Gasteiger partial charge in [-0.3, -0.25) is 4.79 Å². The van der Waals surface area contributed by atoms with Gasteiger partial charge in [-0.25, -0.2) is 9.82 Å². The third kappa shape index (κ3) is 2.66. The molecular formula is C15H12BrFN2O2S. The number of rotatable bonds is 2. The van der Waals surface area contributed by atoms with Crippen molar-refractivity contribution in [3.8, 4) is 5.75 Å². The zero-order valence-corrected chi connectivity index (χ0v) is 14.0. The van der Waals surface area contributed by atoms with Gasteiger partial charge in [0.2, 0.25) is 0 Å². The summed E-state index contributed by atoms with van der Waals surface area (Å²) in [6.45, 7) is 1.86. The van der Waals surface area contributed by atoms with Crippen LogP contribution in [0.15, 0.2) is 33.2 Å². The Morgan fingerprint density at radius 2 is 2.23 bits per heavy atom. The molecule has 1 heterocycles. The number of nitrogens with zero attached hydrogens (tertiary/aromatic N) is 1. The van der Waals surface area contributed by atoms with Crippen LogP contribution in [0.3, 0.4) is 0 Å². The number of phenols is 1. The molecule has 0 bridgehead atoms. The van der Waals surface area contributed by atoms with Crippen molar-refractivity contribution in [3.05, 3.63) is 49.9 Å². The summed E-state index contributed by atoms with van der Waals surface area (Å²) in [4.78, 5) is 12.5. The van der Waals surface area contributed by atoms with E-state index in [0.717, 1.165) is 3.79 Å². The predicted molar refractivity (Wildman–Crippen MR) is 87.1 cm³/mol. The Hall–Kier alpha value is -1.73. The third-order valence-corrected chi connectivity index (χ3v) is 5.16. The van der Waals surface area contributed by atoms with E-state index in [9.17, 15) is 14.3 Å². The van der Waals surface area contributed by atoms with Crippen LogP contribution in [0, 0.1) is 5.82 Å². The maximum absolute atomic E-state index is 13.9. The van der Waals surface area contributed by atoms with Gasteiger partial charge in [0.05, 0.1) is 14.4 Å². The second-order valence-electron chi connectivity index (χ2n) is 5.06. The summed E-state index contributed by atoms with van der Waals surface area (Å²) in [6.07, 6.45) is 0.470. The molecule has 7 heteroatoms. The van der Waals surface area contributed by atoms with Crippen molar-refractivity contribution in [3.63, 3.8) is 0 Å². The standard InChI is InChI=1S/C15H12BrFN2O2S/c1-7-6-9(14-10(20)3-2-8(17)13(7)14)18-19-15(21)11-4-5-12(16)22-11/h2-5,7,20H,6H2,1H3,(H,19,21)/b18-9+/t7-/m1/s1. The van der Waals surface area contributed by atoms with Crippen molar-refractivity contribution < 1.29 is 14.3 Å². The monoisotopic (exact) mass is 382 g/mol. The number of hydrazone groups is 1. The van der Waals surface area contributed by atoms with E-state index in [-0.39, 0.29) is 23.4 Å². The lowest BCUT2D eigenvalue weighted by Crippen LogP contribution is -2.18. The molecule has 1 aliphatic carbocycles. The summed E-state index contributed by atoms with van der Waals surface area (Å²) in [6, 6.07) is 6.02. The molecule has 3 rings (SSSR count). The average molecular weight is 383 g/mol. The lowest BCUT2D eigenvalue weighted by molar-refractivity contribution is 0.0959. The van der Waals surface area contributed by atoms with E-state index in [1.54, 1.807) is 12.1 Å². The molecule has 1 amide bonds. The van der Waals surface area contributed by atoms with Gasteiger partial charge < -0.3 is 5.11 Å². The maximum Gasteiger partial charge on any atom is 0.281 e. The first kappa shape index (κ1) is 15.2.